The summed E-state index contributed by atoms with van der Waals surface area (Å²) < 4.78 is 0. The zero-order valence-corrected chi connectivity index (χ0v) is 12.7. The monoisotopic (exact) mass is 287 g/mol. The minimum atomic E-state index is -0.0488. The summed E-state index contributed by atoms with van der Waals surface area (Å²) in [5.41, 5.74) is 7.52. The lowest BCUT2D eigenvalue weighted by molar-refractivity contribution is -0.121. The highest BCUT2D eigenvalue weighted by Gasteiger charge is 2.38. The molecule has 2 fully saturated rings. The highest BCUT2D eigenvalue weighted by Crippen LogP contribution is 2.36. The van der Waals surface area contributed by atoms with Crippen molar-refractivity contribution in [1.82, 2.24) is 4.90 Å². The van der Waals surface area contributed by atoms with Gasteiger partial charge in [-0.1, -0.05) is 12.1 Å². The first-order chi connectivity index (χ1) is 10.2. The number of hydrogen-bond donors (Lipinski definition) is 2. The molecule has 0 aliphatic heterocycles. The van der Waals surface area contributed by atoms with Crippen LogP contribution in [0.1, 0.15) is 38.2 Å². The quantitative estimate of drug-likeness (QED) is 0.809. The molecule has 1 aromatic rings. The molecule has 0 spiro atoms. The summed E-state index contributed by atoms with van der Waals surface area (Å²) in [4.78, 5) is 14.9. The van der Waals surface area contributed by atoms with E-state index in [0.29, 0.717) is 12.6 Å². The number of anilines is 1. The van der Waals surface area contributed by atoms with Crippen LogP contribution in [-0.4, -0.2) is 29.4 Å². The van der Waals surface area contributed by atoms with Gasteiger partial charge >= 0.3 is 0 Å². The molecule has 3 rings (SSSR count). The molecule has 1 atom stereocenters. The third-order valence-corrected chi connectivity index (χ3v) is 4.52. The number of carbonyl (C=O) groups excluding carboxylic acids is 1. The van der Waals surface area contributed by atoms with Crippen molar-refractivity contribution in [3.05, 3.63) is 29.8 Å². The molecule has 0 aromatic heterocycles. The summed E-state index contributed by atoms with van der Waals surface area (Å²) in [6.45, 7) is 3.65. The van der Waals surface area contributed by atoms with E-state index < -0.39 is 0 Å². The van der Waals surface area contributed by atoms with Gasteiger partial charge in [-0.05, 0) is 56.2 Å². The zero-order chi connectivity index (χ0) is 14.8. The average Bonchev–Trinajstić information content (AvgIpc) is 3.38. The highest BCUT2D eigenvalue weighted by atomic mass is 16.2. The Hall–Kier alpha value is -1.39. The maximum atomic E-state index is 12.5. The Morgan fingerprint density at radius 3 is 2.48 bits per heavy atom. The SMILES string of the molecule is CC(C(=O)Nc1ccc(CN)cc1)N(CC1CC1)C1CC1. The first-order valence-electron chi connectivity index (χ1n) is 8.03. The number of hydrogen-bond acceptors (Lipinski definition) is 3. The van der Waals surface area contributed by atoms with Gasteiger partial charge in [0, 0.05) is 24.8 Å². The largest absolute Gasteiger partial charge is 0.326 e. The summed E-state index contributed by atoms with van der Waals surface area (Å²) in [5, 5.41) is 3.03. The van der Waals surface area contributed by atoms with Crippen molar-refractivity contribution in [2.75, 3.05) is 11.9 Å². The number of benzene rings is 1. The van der Waals surface area contributed by atoms with Crippen LogP contribution in [-0.2, 0) is 11.3 Å². The molecule has 0 heterocycles. The van der Waals surface area contributed by atoms with Crippen LogP contribution in [0.5, 0.6) is 0 Å². The Bertz CT molecular complexity index is 491. The Morgan fingerprint density at radius 1 is 1.29 bits per heavy atom. The average molecular weight is 287 g/mol. The molecule has 3 N–H and O–H groups in total. The fourth-order valence-electron chi connectivity index (χ4n) is 2.75. The second-order valence-corrected chi connectivity index (χ2v) is 6.44. The molecule has 2 aliphatic carbocycles. The molecule has 4 heteroatoms. The topological polar surface area (TPSA) is 58.4 Å². The van der Waals surface area contributed by atoms with E-state index in [2.05, 4.69) is 10.2 Å². The lowest BCUT2D eigenvalue weighted by atomic mass is 10.2. The van der Waals surface area contributed by atoms with Gasteiger partial charge in [0.25, 0.3) is 0 Å². The molecule has 4 nitrogen and oxygen atoms in total. The Balaban J connectivity index is 1.59. The maximum absolute atomic E-state index is 12.5. The zero-order valence-electron chi connectivity index (χ0n) is 12.7. The normalized spacial score (nSPS) is 19.6. The van der Waals surface area contributed by atoms with Crippen LogP contribution < -0.4 is 11.1 Å². The van der Waals surface area contributed by atoms with Crippen molar-refractivity contribution in [3.63, 3.8) is 0 Å². The number of amides is 1. The van der Waals surface area contributed by atoms with E-state index in [-0.39, 0.29) is 11.9 Å². The first-order valence-corrected chi connectivity index (χ1v) is 8.03. The predicted molar refractivity (Wildman–Crippen MR) is 84.9 cm³/mol. The van der Waals surface area contributed by atoms with Gasteiger partial charge in [0.15, 0.2) is 0 Å². The molecule has 0 saturated heterocycles. The predicted octanol–water partition coefficient (Wildman–Crippen LogP) is 2.35. The standard InChI is InChI=1S/C17H25N3O/c1-12(20(16-8-9-16)11-14-2-3-14)17(21)19-15-6-4-13(10-18)5-7-15/h4-7,12,14,16H,2-3,8-11,18H2,1H3,(H,19,21). The van der Waals surface area contributed by atoms with Gasteiger partial charge in [-0.15, -0.1) is 0 Å². The Kier molecular flexibility index (Phi) is 4.27. The van der Waals surface area contributed by atoms with E-state index in [0.717, 1.165) is 23.7 Å². The van der Waals surface area contributed by atoms with E-state index >= 15 is 0 Å². The number of rotatable bonds is 7. The lowest BCUT2D eigenvalue weighted by Gasteiger charge is -2.28. The molecular formula is C17H25N3O. The summed E-state index contributed by atoms with van der Waals surface area (Å²) in [7, 11) is 0. The van der Waals surface area contributed by atoms with Crippen molar-refractivity contribution in [1.29, 1.82) is 0 Å². The van der Waals surface area contributed by atoms with Crippen molar-refractivity contribution < 1.29 is 4.79 Å². The van der Waals surface area contributed by atoms with E-state index in [1.807, 2.05) is 31.2 Å². The lowest BCUT2D eigenvalue weighted by Crippen LogP contribution is -2.44. The smallest absolute Gasteiger partial charge is 0.241 e. The van der Waals surface area contributed by atoms with Gasteiger partial charge in [0.05, 0.1) is 6.04 Å². The van der Waals surface area contributed by atoms with Gasteiger partial charge in [0.2, 0.25) is 5.91 Å². The van der Waals surface area contributed by atoms with Crippen molar-refractivity contribution in [2.24, 2.45) is 11.7 Å². The minimum absolute atomic E-state index is 0.0488. The van der Waals surface area contributed by atoms with Gasteiger partial charge in [-0.25, -0.2) is 0 Å². The minimum Gasteiger partial charge on any atom is -0.326 e. The molecule has 1 aromatic carbocycles. The summed E-state index contributed by atoms with van der Waals surface area (Å²) in [6, 6.07) is 8.36. The molecule has 114 valence electrons. The van der Waals surface area contributed by atoms with Crippen molar-refractivity contribution in [2.45, 2.75) is 51.2 Å². The number of nitrogens with zero attached hydrogens (tertiary/aromatic N) is 1. The van der Waals surface area contributed by atoms with Crippen LogP contribution >= 0.6 is 0 Å². The van der Waals surface area contributed by atoms with Crippen LogP contribution in [0.4, 0.5) is 5.69 Å². The molecule has 1 amide bonds. The number of nitrogens with one attached hydrogen (secondary N) is 1. The summed E-state index contributed by atoms with van der Waals surface area (Å²) in [6.07, 6.45) is 5.15. The van der Waals surface area contributed by atoms with E-state index in [9.17, 15) is 4.79 Å². The van der Waals surface area contributed by atoms with Crippen LogP contribution in [0.2, 0.25) is 0 Å². The molecule has 0 radical (unpaired) electrons. The molecule has 2 saturated carbocycles. The van der Waals surface area contributed by atoms with E-state index in [1.54, 1.807) is 0 Å². The van der Waals surface area contributed by atoms with Gasteiger partial charge in [-0.3, -0.25) is 9.69 Å². The molecule has 21 heavy (non-hydrogen) atoms. The Morgan fingerprint density at radius 2 is 1.95 bits per heavy atom. The van der Waals surface area contributed by atoms with Gasteiger partial charge in [0.1, 0.15) is 0 Å². The van der Waals surface area contributed by atoms with E-state index in [1.165, 1.54) is 25.7 Å². The van der Waals surface area contributed by atoms with Crippen LogP contribution in [0.25, 0.3) is 0 Å². The maximum Gasteiger partial charge on any atom is 0.241 e. The van der Waals surface area contributed by atoms with E-state index in [4.69, 9.17) is 5.73 Å². The van der Waals surface area contributed by atoms with Gasteiger partial charge in [-0.2, -0.15) is 0 Å². The second kappa shape index (κ2) is 6.16. The third-order valence-electron chi connectivity index (χ3n) is 4.52. The first kappa shape index (κ1) is 14.5. The molecule has 0 bridgehead atoms. The van der Waals surface area contributed by atoms with Crippen molar-refractivity contribution in [3.8, 4) is 0 Å². The summed E-state index contributed by atoms with van der Waals surface area (Å²) >= 11 is 0. The fraction of sp³-hybridized carbons (Fsp3) is 0.588. The molecule has 1 unspecified atom stereocenters. The number of carbonyl (C=O) groups is 1. The van der Waals surface area contributed by atoms with Gasteiger partial charge < -0.3 is 11.1 Å². The Labute approximate surface area is 126 Å². The molecule has 2 aliphatic rings. The van der Waals surface area contributed by atoms with Crippen LogP contribution in [0.3, 0.4) is 0 Å². The van der Waals surface area contributed by atoms with Crippen LogP contribution in [0.15, 0.2) is 24.3 Å². The second-order valence-electron chi connectivity index (χ2n) is 6.44. The fourth-order valence-corrected chi connectivity index (χ4v) is 2.75. The summed E-state index contributed by atoms with van der Waals surface area (Å²) in [5.74, 6) is 0.924. The van der Waals surface area contributed by atoms with Crippen molar-refractivity contribution >= 4 is 11.6 Å². The van der Waals surface area contributed by atoms with Crippen LogP contribution in [0, 0.1) is 5.92 Å². The molecular weight excluding hydrogens is 262 g/mol. The highest BCUT2D eigenvalue weighted by molar-refractivity contribution is 5.94. The number of nitrogens with two attached hydrogens (primary N) is 1. The third kappa shape index (κ3) is 3.83.